The first-order chi connectivity index (χ1) is 14.8. The van der Waals surface area contributed by atoms with Crippen molar-refractivity contribution >= 4 is 11.6 Å². The summed E-state index contributed by atoms with van der Waals surface area (Å²) >= 11 is 0. The SMILES string of the molecule is CCCOCC(=O)N1CCN(c2cc3c(c(C4CC4)c2)COC(C)(C)C3)C[C@H]1C(C)C. The van der Waals surface area contributed by atoms with Crippen LogP contribution in [0.15, 0.2) is 12.1 Å². The molecule has 2 fully saturated rings. The van der Waals surface area contributed by atoms with E-state index in [0.717, 1.165) is 39.1 Å². The van der Waals surface area contributed by atoms with E-state index in [1.54, 1.807) is 0 Å². The molecule has 172 valence electrons. The molecule has 0 bridgehead atoms. The number of fused-ring (bicyclic) bond motifs is 1. The van der Waals surface area contributed by atoms with Crippen LogP contribution in [0.1, 0.15) is 76.5 Å². The lowest BCUT2D eigenvalue weighted by molar-refractivity contribution is -0.140. The van der Waals surface area contributed by atoms with Crippen LogP contribution in [0.3, 0.4) is 0 Å². The van der Waals surface area contributed by atoms with Crippen LogP contribution in [0.4, 0.5) is 5.69 Å². The molecule has 0 radical (unpaired) electrons. The molecular weight excluding hydrogens is 388 g/mol. The number of rotatable bonds is 7. The summed E-state index contributed by atoms with van der Waals surface area (Å²) in [4.78, 5) is 17.4. The van der Waals surface area contributed by atoms with E-state index in [0.29, 0.717) is 18.4 Å². The number of carbonyl (C=O) groups excluding carboxylic acids is 1. The molecule has 0 N–H and O–H groups in total. The quantitative estimate of drug-likeness (QED) is 0.599. The van der Waals surface area contributed by atoms with E-state index < -0.39 is 0 Å². The van der Waals surface area contributed by atoms with Crippen LogP contribution in [-0.4, -0.2) is 55.3 Å². The van der Waals surface area contributed by atoms with Gasteiger partial charge in [0.2, 0.25) is 5.91 Å². The molecule has 4 rings (SSSR count). The number of piperazine rings is 1. The maximum Gasteiger partial charge on any atom is 0.248 e. The molecule has 31 heavy (non-hydrogen) atoms. The minimum Gasteiger partial charge on any atom is -0.372 e. The van der Waals surface area contributed by atoms with Crippen molar-refractivity contribution in [1.82, 2.24) is 4.90 Å². The second-order valence-electron chi connectivity index (χ2n) is 10.6. The molecule has 2 heterocycles. The van der Waals surface area contributed by atoms with E-state index in [-0.39, 0.29) is 24.2 Å². The van der Waals surface area contributed by atoms with Gasteiger partial charge in [-0.15, -0.1) is 0 Å². The van der Waals surface area contributed by atoms with E-state index >= 15 is 0 Å². The Labute approximate surface area is 188 Å². The van der Waals surface area contributed by atoms with Crippen molar-refractivity contribution in [3.05, 3.63) is 28.8 Å². The highest BCUT2D eigenvalue weighted by Crippen LogP contribution is 2.46. The fourth-order valence-electron chi connectivity index (χ4n) is 5.10. The van der Waals surface area contributed by atoms with Gasteiger partial charge in [0.1, 0.15) is 6.61 Å². The smallest absolute Gasteiger partial charge is 0.248 e. The van der Waals surface area contributed by atoms with Crippen molar-refractivity contribution in [2.24, 2.45) is 5.92 Å². The fourth-order valence-corrected chi connectivity index (χ4v) is 5.10. The maximum atomic E-state index is 12.8. The van der Waals surface area contributed by atoms with Crippen LogP contribution in [-0.2, 0) is 27.3 Å². The predicted molar refractivity (Wildman–Crippen MR) is 125 cm³/mol. The number of ether oxygens (including phenoxy) is 2. The van der Waals surface area contributed by atoms with Crippen LogP contribution < -0.4 is 4.90 Å². The standard InChI is InChI=1S/C26H40N2O3/c1-6-11-30-17-25(29)28-10-9-27(15-24(28)18(2)3)21-12-20-14-26(4,5)31-16-23(20)22(13-21)19-7-8-19/h12-13,18-19,24H,6-11,14-17H2,1-5H3/t24-/m0/s1. The molecule has 3 aliphatic rings. The highest BCUT2D eigenvalue weighted by Gasteiger charge is 2.36. The number of benzene rings is 1. The first-order valence-electron chi connectivity index (χ1n) is 12.2. The molecule has 5 heteroatoms. The molecule has 1 aliphatic carbocycles. The van der Waals surface area contributed by atoms with Gasteiger partial charge in [-0.3, -0.25) is 4.79 Å². The average molecular weight is 429 g/mol. The summed E-state index contributed by atoms with van der Waals surface area (Å²) in [6.07, 6.45) is 4.51. The molecule has 1 saturated carbocycles. The largest absolute Gasteiger partial charge is 0.372 e. The lowest BCUT2D eigenvalue weighted by Crippen LogP contribution is -2.58. The van der Waals surface area contributed by atoms with Gasteiger partial charge in [0, 0.05) is 38.3 Å². The Bertz CT molecular complexity index is 800. The Kier molecular flexibility index (Phi) is 6.64. The Hall–Kier alpha value is -1.59. The van der Waals surface area contributed by atoms with Crippen molar-refractivity contribution < 1.29 is 14.3 Å². The number of amides is 1. The Morgan fingerprint density at radius 3 is 2.71 bits per heavy atom. The first kappa shape index (κ1) is 22.6. The van der Waals surface area contributed by atoms with E-state index in [4.69, 9.17) is 9.47 Å². The van der Waals surface area contributed by atoms with Gasteiger partial charge >= 0.3 is 0 Å². The predicted octanol–water partition coefficient (Wildman–Crippen LogP) is 4.52. The molecule has 1 atom stereocenters. The van der Waals surface area contributed by atoms with Gasteiger partial charge in [0.15, 0.2) is 0 Å². The third kappa shape index (κ3) is 5.09. The third-order valence-corrected chi connectivity index (χ3v) is 7.05. The molecule has 2 aliphatic heterocycles. The first-order valence-corrected chi connectivity index (χ1v) is 12.2. The summed E-state index contributed by atoms with van der Waals surface area (Å²) < 4.78 is 11.7. The summed E-state index contributed by atoms with van der Waals surface area (Å²) in [5.74, 6) is 1.25. The average Bonchev–Trinajstić information content (AvgIpc) is 3.57. The topological polar surface area (TPSA) is 42.0 Å². The molecule has 0 aromatic heterocycles. The van der Waals surface area contributed by atoms with Gasteiger partial charge in [-0.1, -0.05) is 20.8 Å². The normalized spacial score (nSPS) is 23.2. The van der Waals surface area contributed by atoms with Crippen LogP contribution >= 0.6 is 0 Å². The zero-order valence-corrected chi connectivity index (χ0v) is 20.1. The van der Waals surface area contributed by atoms with Crippen molar-refractivity contribution in [3.8, 4) is 0 Å². The summed E-state index contributed by atoms with van der Waals surface area (Å²) in [5, 5.41) is 0. The van der Waals surface area contributed by atoms with Gasteiger partial charge in [-0.2, -0.15) is 0 Å². The van der Waals surface area contributed by atoms with Crippen molar-refractivity contribution in [1.29, 1.82) is 0 Å². The second-order valence-corrected chi connectivity index (χ2v) is 10.6. The minimum atomic E-state index is -0.101. The van der Waals surface area contributed by atoms with Crippen molar-refractivity contribution in [2.45, 2.75) is 84.5 Å². The highest BCUT2D eigenvalue weighted by atomic mass is 16.5. The molecule has 1 aromatic rings. The molecule has 1 aromatic carbocycles. The third-order valence-electron chi connectivity index (χ3n) is 7.05. The molecule has 1 amide bonds. The van der Waals surface area contributed by atoms with Gasteiger partial charge < -0.3 is 19.3 Å². The molecule has 5 nitrogen and oxygen atoms in total. The lowest BCUT2D eigenvalue weighted by atomic mass is 9.87. The summed E-state index contributed by atoms with van der Waals surface area (Å²) in [7, 11) is 0. The van der Waals surface area contributed by atoms with Crippen LogP contribution in [0.25, 0.3) is 0 Å². The fraction of sp³-hybridized carbons (Fsp3) is 0.731. The molecule has 0 spiro atoms. The number of hydrogen-bond donors (Lipinski definition) is 0. The van der Waals surface area contributed by atoms with Gasteiger partial charge in [-0.05, 0) is 73.8 Å². The Balaban J connectivity index is 1.55. The summed E-state index contributed by atoms with van der Waals surface area (Å²) in [6.45, 7) is 15.0. The Morgan fingerprint density at radius 1 is 1.26 bits per heavy atom. The van der Waals surface area contributed by atoms with Crippen LogP contribution in [0, 0.1) is 5.92 Å². The number of nitrogens with zero attached hydrogens (tertiary/aromatic N) is 2. The molecule has 1 saturated heterocycles. The van der Waals surface area contributed by atoms with Crippen molar-refractivity contribution in [2.75, 3.05) is 37.7 Å². The number of anilines is 1. The van der Waals surface area contributed by atoms with Crippen LogP contribution in [0.5, 0.6) is 0 Å². The number of carbonyl (C=O) groups is 1. The molecular formula is C26H40N2O3. The summed E-state index contributed by atoms with van der Waals surface area (Å²) in [6, 6.07) is 5.05. The zero-order chi connectivity index (χ0) is 22.2. The Morgan fingerprint density at radius 2 is 2.03 bits per heavy atom. The summed E-state index contributed by atoms with van der Waals surface area (Å²) in [5.41, 5.74) is 5.64. The van der Waals surface area contributed by atoms with E-state index in [2.05, 4.69) is 56.6 Å². The van der Waals surface area contributed by atoms with E-state index in [9.17, 15) is 4.79 Å². The van der Waals surface area contributed by atoms with Gasteiger partial charge in [0.25, 0.3) is 0 Å². The zero-order valence-electron chi connectivity index (χ0n) is 20.1. The van der Waals surface area contributed by atoms with Gasteiger partial charge in [0.05, 0.1) is 18.2 Å². The minimum absolute atomic E-state index is 0.101. The second kappa shape index (κ2) is 9.11. The van der Waals surface area contributed by atoms with Crippen molar-refractivity contribution in [3.63, 3.8) is 0 Å². The number of hydrogen-bond acceptors (Lipinski definition) is 4. The monoisotopic (exact) mass is 428 g/mol. The maximum absolute atomic E-state index is 12.8. The van der Waals surface area contributed by atoms with E-state index in [1.807, 2.05) is 0 Å². The van der Waals surface area contributed by atoms with Crippen LogP contribution in [0.2, 0.25) is 0 Å². The lowest BCUT2D eigenvalue weighted by Gasteiger charge is -2.45. The molecule has 0 unspecified atom stereocenters. The highest BCUT2D eigenvalue weighted by molar-refractivity contribution is 5.78. The van der Waals surface area contributed by atoms with Gasteiger partial charge in [-0.25, -0.2) is 0 Å². The van der Waals surface area contributed by atoms with E-state index in [1.165, 1.54) is 35.2 Å².